The molecule has 0 aliphatic carbocycles. The van der Waals surface area contributed by atoms with Gasteiger partial charge in [-0.2, -0.15) is 0 Å². The fourth-order valence-corrected chi connectivity index (χ4v) is 7.45. The molecular weight excluding hydrogens is 551 g/mol. The maximum Gasteiger partial charge on any atom is 0.407 e. The van der Waals surface area contributed by atoms with Crippen molar-refractivity contribution in [3.63, 3.8) is 0 Å². The first kappa shape index (κ1) is 37.5. The summed E-state index contributed by atoms with van der Waals surface area (Å²) in [6.45, 7) is 10.1. The van der Waals surface area contributed by atoms with Crippen molar-refractivity contribution in [2.45, 2.75) is 142 Å². The second-order valence-electron chi connectivity index (χ2n) is 13.2. The van der Waals surface area contributed by atoms with Gasteiger partial charge >= 0.3 is 6.09 Å². The number of unbranched alkanes of at least 4 members (excludes halogenated alkanes) is 13. The number of alkyl carbamates (subject to hydrolysis) is 1. The van der Waals surface area contributed by atoms with E-state index in [1.165, 1.54) is 114 Å². The first-order valence-corrected chi connectivity index (χ1v) is 19.2. The molecule has 0 aromatic heterocycles. The summed E-state index contributed by atoms with van der Waals surface area (Å²) in [5.41, 5.74) is 0. The zero-order chi connectivity index (χ0) is 30.4. The van der Waals surface area contributed by atoms with E-state index in [0.717, 1.165) is 44.6 Å². The molecule has 0 aromatic rings. The second kappa shape index (κ2) is 22.8. The Hall–Kier alpha value is -0.660. The number of fused-ring (bicyclic) bond motifs is 3. The van der Waals surface area contributed by atoms with Crippen LogP contribution >= 0.6 is 7.82 Å². The third-order valence-corrected chi connectivity index (χ3v) is 10.4. The molecule has 42 heavy (non-hydrogen) atoms. The minimum absolute atomic E-state index is 0.0259. The van der Waals surface area contributed by atoms with Gasteiger partial charge in [0.05, 0.1) is 46.0 Å². The largest absolute Gasteiger partial charge is 0.756 e. The second-order valence-corrected chi connectivity index (χ2v) is 14.6. The molecule has 0 radical (unpaired) electrons. The van der Waals surface area contributed by atoms with E-state index in [4.69, 9.17) is 13.8 Å². The highest BCUT2D eigenvalue weighted by Crippen LogP contribution is 2.39. The first-order valence-electron chi connectivity index (χ1n) is 17.7. The molecule has 3 rings (SSSR count). The van der Waals surface area contributed by atoms with Crippen molar-refractivity contribution in [2.24, 2.45) is 11.8 Å². The van der Waals surface area contributed by atoms with Crippen LogP contribution in [0.25, 0.3) is 0 Å². The van der Waals surface area contributed by atoms with Crippen molar-refractivity contribution in [1.82, 2.24) is 5.32 Å². The van der Waals surface area contributed by atoms with Crippen molar-refractivity contribution in [3.05, 3.63) is 0 Å². The van der Waals surface area contributed by atoms with Gasteiger partial charge in [0, 0.05) is 12.5 Å². The van der Waals surface area contributed by atoms with Crippen LogP contribution in [0.5, 0.6) is 0 Å². The van der Waals surface area contributed by atoms with Crippen LogP contribution in [0, 0.1) is 11.8 Å². The van der Waals surface area contributed by atoms with Crippen LogP contribution in [0.1, 0.15) is 142 Å². The Morgan fingerprint density at radius 3 is 1.93 bits per heavy atom. The Morgan fingerprint density at radius 1 is 0.786 bits per heavy atom. The highest BCUT2D eigenvalue weighted by atomic mass is 31.2. The lowest BCUT2D eigenvalue weighted by Gasteiger charge is -2.49. The van der Waals surface area contributed by atoms with Gasteiger partial charge in [-0.15, -0.1) is 0 Å². The molecule has 3 saturated heterocycles. The van der Waals surface area contributed by atoms with Gasteiger partial charge in [-0.1, -0.05) is 97.3 Å². The van der Waals surface area contributed by atoms with E-state index >= 15 is 0 Å². The van der Waals surface area contributed by atoms with Crippen LogP contribution in [-0.2, 0) is 18.3 Å². The Morgan fingerprint density at radius 2 is 1.36 bits per heavy atom. The number of phosphoric acid groups is 1. The smallest absolute Gasteiger partial charge is 0.407 e. The zero-order valence-electron chi connectivity index (χ0n) is 27.3. The van der Waals surface area contributed by atoms with Crippen LogP contribution in [0.15, 0.2) is 0 Å². The summed E-state index contributed by atoms with van der Waals surface area (Å²) in [5, 5.41) is 2.82. The van der Waals surface area contributed by atoms with Crippen molar-refractivity contribution in [2.75, 3.05) is 52.5 Å². The standard InChI is InChI=1S/C33H65N2O6P/c1-3-5-6-7-8-9-10-11-12-13-14-15-16-23-34-33(36)39-29-32(19-4-2)30-41-42(37,38)40-28-18-17-24-35-25-20-31(21-26-35)22-27-35/h31-32H,3-30H2,1-2H3,(H-,34,36,37,38). The summed E-state index contributed by atoms with van der Waals surface area (Å²) in [7, 11) is -4.36. The van der Waals surface area contributed by atoms with E-state index in [2.05, 4.69) is 12.2 Å². The van der Waals surface area contributed by atoms with E-state index in [1.807, 2.05) is 6.92 Å². The number of hydrogen-bond acceptors (Lipinski definition) is 6. The minimum Gasteiger partial charge on any atom is -0.756 e. The number of quaternary nitrogens is 1. The van der Waals surface area contributed by atoms with Crippen LogP contribution in [0.3, 0.4) is 0 Å². The minimum atomic E-state index is -4.36. The molecule has 0 saturated carbocycles. The van der Waals surface area contributed by atoms with Gasteiger partial charge in [-0.3, -0.25) is 4.57 Å². The molecule has 2 bridgehead atoms. The quantitative estimate of drug-likeness (QED) is 0.0569. The monoisotopic (exact) mass is 616 g/mol. The van der Waals surface area contributed by atoms with E-state index in [0.29, 0.717) is 13.0 Å². The zero-order valence-corrected chi connectivity index (χ0v) is 28.2. The van der Waals surface area contributed by atoms with E-state index in [-0.39, 0.29) is 25.7 Å². The predicted molar refractivity (Wildman–Crippen MR) is 169 cm³/mol. The molecule has 3 heterocycles. The number of carbonyl (C=O) groups is 1. The topological polar surface area (TPSA) is 96.9 Å². The lowest BCUT2D eigenvalue weighted by atomic mass is 9.85. The number of nitrogens with one attached hydrogen (secondary N) is 1. The highest BCUT2D eigenvalue weighted by molar-refractivity contribution is 7.45. The number of hydrogen-bond donors (Lipinski definition) is 1. The van der Waals surface area contributed by atoms with Gasteiger partial charge in [0.15, 0.2) is 0 Å². The fraction of sp³-hybridized carbons (Fsp3) is 0.970. The highest BCUT2D eigenvalue weighted by Gasteiger charge is 2.38. The third-order valence-electron chi connectivity index (χ3n) is 9.48. The fourth-order valence-electron chi connectivity index (χ4n) is 6.63. The molecule has 1 amide bonds. The lowest BCUT2D eigenvalue weighted by Crippen LogP contribution is -2.58. The molecule has 248 valence electrons. The van der Waals surface area contributed by atoms with Gasteiger partial charge in [0.2, 0.25) is 0 Å². The summed E-state index contributed by atoms with van der Waals surface area (Å²) in [6, 6.07) is 0. The number of nitrogens with zero attached hydrogens (tertiary/aromatic N) is 1. The predicted octanol–water partition coefficient (Wildman–Crippen LogP) is 8.13. The molecule has 0 spiro atoms. The van der Waals surface area contributed by atoms with Crippen molar-refractivity contribution in [3.8, 4) is 0 Å². The van der Waals surface area contributed by atoms with Crippen molar-refractivity contribution < 1.29 is 32.5 Å². The maximum atomic E-state index is 12.3. The summed E-state index contributed by atoms with van der Waals surface area (Å²) < 4.78 is 29.2. The molecule has 1 N–H and O–H groups in total. The van der Waals surface area contributed by atoms with Gasteiger partial charge in [0.25, 0.3) is 7.82 Å². The molecular formula is C33H65N2O6P. The van der Waals surface area contributed by atoms with E-state index in [1.54, 1.807) is 0 Å². The van der Waals surface area contributed by atoms with Gasteiger partial charge in [-0.05, 0) is 50.9 Å². The molecule has 3 fully saturated rings. The van der Waals surface area contributed by atoms with Crippen LogP contribution in [0.4, 0.5) is 4.79 Å². The molecule has 2 unspecified atom stereocenters. The molecule has 3 aliphatic rings. The maximum absolute atomic E-state index is 12.3. The van der Waals surface area contributed by atoms with Crippen LogP contribution in [0.2, 0.25) is 0 Å². The Balaban J connectivity index is 1.43. The average molecular weight is 617 g/mol. The Labute approximate surface area is 258 Å². The molecule has 8 nitrogen and oxygen atoms in total. The van der Waals surface area contributed by atoms with Crippen LogP contribution < -0.4 is 10.2 Å². The van der Waals surface area contributed by atoms with Crippen LogP contribution in [-0.4, -0.2) is 63.1 Å². The van der Waals surface area contributed by atoms with Gasteiger partial charge in [-0.25, -0.2) is 4.79 Å². The lowest BCUT2D eigenvalue weighted by molar-refractivity contribution is -0.942. The molecule has 3 aliphatic heterocycles. The summed E-state index contributed by atoms with van der Waals surface area (Å²) in [5.74, 6) is 0.767. The molecule has 9 heteroatoms. The number of ether oxygens (including phenoxy) is 1. The number of piperidine rings is 3. The van der Waals surface area contributed by atoms with Gasteiger partial charge < -0.3 is 28.5 Å². The van der Waals surface area contributed by atoms with Crippen molar-refractivity contribution >= 4 is 13.9 Å². The molecule has 0 aromatic carbocycles. The van der Waals surface area contributed by atoms with E-state index in [9.17, 15) is 14.3 Å². The number of phosphoric ester groups is 1. The van der Waals surface area contributed by atoms with E-state index < -0.39 is 13.9 Å². The van der Waals surface area contributed by atoms with Crippen molar-refractivity contribution in [1.29, 1.82) is 0 Å². The summed E-state index contributed by atoms with van der Waals surface area (Å²) >= 11 is 0. The normalized spacial score (nSPS) is 22.1. The third kappa shape index (κ3) is 17.6. The number of rotatable bonds is 27. The number of carbonyl (C=O) groups excluding carboxylic acids is 1. The van der Waals surface area contributed by atoms with Gasteiger partial charge in [0.1, 0.15) is 0 Å². The first-order chi connectivity index (χ1) is 20.4. The summed E-state index contributed by atoms with van der Waals surface area (Å²) in [6.07, 6.45) is 23.7. The Kier molecular flexibility index (Phi) is 20.4. The molecule has 2 atom stereocenters. The number of amides is 1. The summed E-state index contributed by atoms with van der Waals surface area (Å²) in [4.78, 5) is 24.4. The Bertz CT molecular complexity index is 718. The average Bonchev–Trinajstić information content (AvgIpc) is 2.99. The SMILES string of the molecule is CCCCCCCCCCCCCCCNC(=O)OCC(CCC)COP(=O)([O-])OCCCC[N+]12CCC(CC1)CC2.